The molecule has 1 amide bonds. The third-order valence-electron chi connectivity index (χ3n) is 2.19. The molecule has 0 aliphatic carbocycles. The van der Waals surface area contributed by atoms with Gasteiger partial charge in [0, 0.05) is 30.1 Å². The number of hydrogen-bond donors (Lipinski definition) is 1. The molecule has 2 aromatic heterocycles. The van der Waals surface area contributed by atoms with Gasteiger partial charge in [0.1, 0.15) is 0 Å². The smallest absolute Gasteiger partial charge is 0.266 e. The molecule has 0 aromatic carbocycles. The average Bonchev–Trinajstić information content (AvgIpc) is 2.41. The van der Waals surface area contributed by atoms with E-state index in [1.54, 1.807) is 23.2 Å². The highest BCUT2D eigenvalue weighted by Crippen LogP contribution is 1.89. The van der Waals surface area contributed by atoms with Gasteiger partial charge in [0.25, 0.3) is 0 Å². The number of carbonyl (C=O) groups is 1. The van der Waals surface area contributed by atoms with Crippen LogP contribution in [0.1, 0.15) is 5.56 Å². The van der Waals surface area contributed by atoms with Crippen LogP contribution >= 0.6 is 0 Å². The van der Waals surface area contributed by atoms with Crippen LogP contribution in [0.15, 0.2) is 60.2 Å². The van der Waals surface area contributed by atoms with E-state index in [1.165, 1.54) is 0 Å². The highest BCUT2D eigenvalue weighted by molar-refractivity contribution is 5.81. The summed E-state index contributed by atoms with van der Waals surface area (Å²) in [7, 11) is 0. The van der Waals surface area contributed by atoms with Crippen LogP contribution in [-0.4, -0.2) is 17.1 Å². The fraction of sp³-hybridized carbons (Fsp3) is 0.0769. The molecule has 5 heteroatoms. The second-order valence-corrected chi connectivity index (χ2v) is 3.63. The van der Waals surface area contributed by atoms with E-state index in [9.17, 15) is 4.79 Å². The van der Waals surface area contributed by atoms with Crippen molar-refractivity contribution in [3.05, 3.63) is 60.7 Å². The molecule has 0 saturated carbocycles. The molecule has 2 heterocycles. The Morgan fingerprint density at radius 1 is 1.33 bits per heavy atom. The molecular formula is C13H13N4O+. The summed E-state index contributed by atoms with van der Waals surface area (Å²) in [4.78, 5) is 15.5. The molecular weight excluding hydrogens is 228 g/mol. The quantitative estimate of drug-likeness (QED) is 0.482. The number of hydrazone groups is 1. The van der Waals surface area contributed by atoms with Crippen molar-refractivity contribution in [2.75, 3.05) is 0 Å². The first-order chi connectivity index (χ1) is 8.84. The van der Waals surface area contributed by atoms with Gasteiger partial charge in [-0.3, -0.25) is 9.78 Å². The minimum absolute atomic E-state index is 0.175. The van der Waals surface area contributed by atoms with Gasteiger partial charge >= 0.3 is 5.91 Å². The second-order valence-electron chi connectivity index (χ2n) is 3.63. The second kappa shape index (κ2) is 6.24. The standard InChI is InChI=1S/C13H12N4O/c18-13(11-17-7-2-1-3-8-17)16-15-10-12-5-4-6-14-9-12/h1-10H,11H2/p+1. The molecule has 0 aliphatic rings. The van der Waals surface area contributed by atoms with Crippen LogP contribution in [0.2, 0.25) is 0 Å². The summed E-state index contributed by atoms with van der Waals surface area (Å²) >= 11 is 0. The fourth-order valence-corrected chi connectivity index (χ4v) is 1.37. The van der Waals surface area contributed by atoms with E-state index in [4.69, 9.17) is 0 Å². The zero-order chi connectivity index (χ0) is 12.6. The molecule has 18 heavy (non-hydrogen) atoms. The minimum Gasteiger partial charge on any atom is -0.266 e. The van der Waals surface area contributed by atoms with Crippen LogP contribution in [0.3, 0.4) is 0 Å². The molecule has 0 spiro atoms. The summed E-state index contributed by atoms with van der Waals surface area (Å²) in [5.74, 6) is -0.175. The molecule has 90 valence electrons. The van der Waals surface area contributed by atoms with Gasteiger partial charge in [0.15, 0.2) is 12.4 Å². The summed E-state index contributed by atoms with van der Waals surface area (Å²) in [6.07, 6.45) is 8.55. The van der Waals surface area contributed by atoms with Gasteiger partial charge in [-0.05, 0) is 6.07 Å². The van der Waals surface area contributed by atoms with Gasteiger partial charge in [-0.25, -0.2) is 5.43 Å². The van der Waals surface area contributed by atoms with E-state index in [0.717, 1.165) is 5.56 Å². The zero-order valence-electron chi connectivity index (χ0n) is 9.73. The van der Waals surface area contributed by atoms with Gasteiger partial charge in [-0.15, -0.1) is 0 Å². The summed E-state index contributed by atoms with van der Waals surface area (Å²) in [6, 6.07) is 9.30. The Hall–Kier alpha value is -2.56. The molecule has 0 aliphatic heterocycles. The van der Waals surface area contributed by atoms with Gasteiger partial charge in [-0.2, -0.15) is 9.67 Å². The summed E-state index contributed by atoms with van der Waals surface area (Å²) < 4.78 is 1.77. The van der Waals surface area contributed by atoms with E-state index in [0.29, 0.717) is 0 Å². The molecule has 0 radical (unpaired) electrons. The van der Waals surface area contributed by atoms with Gasteiger partial charge in [-0.1, -0.05) is 12.1 Å². The lowest BCUT2D eigenvalue weighted by atomic mass is 10.3. The largest absolute Gasteiger partial charge is 0.305 e. The van der Waals surface area contributed by atoms with Crippen molar-refractivity contribution in [3.8, 4) is 0 Å². The Kier molecular flexibility index (Phi) is 4.13. The number of amides is 1. The van der Waals surface area contributed by atoms with Gasteiger partial charge in [0.05, 0.1) is 6.21 Å². The molecule has 0 fully saturated rings. The summed E-state index contributed by atoms with van der Waals surface area (Å²) in [5.41, 5.74) is 3.30. The molecule has 1 N–H and O–H groups in total. The van der Waals surface area contributed by atoms with Crippen molar-refractivity contribution < 1.29 is 9.36 Å². The molecule has 0 bridgehead atoms. The van der Waals surface area contributed by atoms with E-state index in [-0.39, 0.29) is 12.5 Å². The van der Waals surface area contributed by atoms with E-state index < -0.39 is 0 Å². The van der Waals surface area contributed by atoms with Crippen LogP contribution in [0.25, 0.3) is 0 Å². The first-order valence-electron chi connectivity index (χ1n) is 5.50. The predicted molar refractivity (Wildman–Crippen MR) is 66.6 cm³/mol. The van der Waals surface area contributed by atoms with Crippen LogP contribution in [0, 0.1) is 0 Å². The normalized spacial score (nSPS) is 10.4. The van der Waals surface area contributed by atoms with Crippen molar-refractivity contribution in [2.45, 2.75) is 6.54 Å². The van der Waals surface area contributed by atoms with Crippen molar-refractivity contribution in [1.82, 2.24) is 10.4 Å². The number of carbonyl (C=O) groups excluding carboxylic acids is 1. The third kappa shape index (κ3) is 3.79. The van der Waals surface area contributed by atoms with Crippen molar-refractivity contribution in [1.29, 1.82) is 0 Å². The van der Waals surface area contributed by atoms with Crippen LogP contribution in [0.4, 0.5) is 0 Å². The van der Waals surface area contributed by atoms with Gasteiger partial charge < -0.3 is 0 Å². The zero-order valence-corrected chi connectivity index (χ0v) is 9.73. The number of pyridine rings is 2. The third-order valence-corrected chi connectivity index (χ3v) is 2.19. The highest BCUT2D eigenvalue weighted by atomic mass is 16.2. The minimum atomic E-state index is -0.175. The van der Waals surface area contributed by atoms with Crippen LogP contribution in [-0.2, 0) is 11.3 Å². The maximum Gasteiger partial charge on any atom is 0.305 e. The maximum absolute atomic E-state index is 11.5. The monoisotopic (exact) mass is 241 g/mol. The number of rotatable bonds is 4. The summed E-state index contributed by atoms with van der Waals surface area (Å²) in [6.45, 7) is 0.241. The van der Waals surface area contributed by atoms with Crippen molar-refractivity contribution in [3.63, 3.8) is 0 Å². The Balaban J connectivity index is 1.84. The first-order valence-corrected chi connectivity index (χ1v) is 5.50. The molecule has 2 rings (SSSR count). The lowest BCUT2D eigenvalue weighted by molar-refractivity contribution is -0.684. The molecule has 0 unspecified atom stereocenters. The molecule has 0 atom stereocenters. The Labute approximate surface area is 105 Å². The lowest BCUT2D eigenvalue weighted by Crippen LogP contribution is -2.40. The summed E-state index contributed by atoms with van der Waals surface area (Å²) in [5, 5.41) is 3.86. The number of nitrogens with zero attached hydrogens (tertiary/aromatic N) is 3. The van der Waals surface area contributed by atoms with Gasteiger partial charge in [0.2, 0.25) is 6.54 Å². The predicted octanol–water partition coefficient (Wildman–Crippen LogP) is 0.519. The molecule has 0 saturated heterocycles. The number of aromatic nitrogens is 2. The Morgan fingerprint density at radius 3 is 2.89 bits per heavy atom. The van der Waals surface area contributed by atoms with Crippen LogP contribution in [0.5, 0.6) is 0 Å². The maximum atomic E-state index is 11.5. The van der Waals surface area contributed by atoms with Crippen molar-refractivity contribution in [2.24, 2.45) is 5.10 Å². The average molecular weight is 241 g/mol. The number of hydrogen-bond acceptors (Lipinski definition) is 3. The van der Waals surface area contributed by atoms with E-state index >= 15 is 0 Å². The Bertz CT molecular complexity index is 525. The van der Waals surface area contributed by atoms with Crippen LogP contribution < -0.4 is 9.99 Å². The lowest BCUT2D eigenvalue weighted by Gasteiger charge is -1.96. The SMILES string of the molecule is O=C(C[n+]1ccccc1)NN=Cc1cccnc1. The van der Waals surface area contributed by atoms with E-state index in [2.05, 4.69) is 15.5 Å². The fourth-order valence-electron chi connectivity index (χ4n) is 1.37. The molecule has 2 aromatic rings. The number of nitrogens with one attached hydrogen (secondary N) is 1. The Morgan fingerprint density at radius 2 is 2.17 bits per heavy atom. The first kappa shape index (κ1) is 11.9. The molecule has 5 nitrogen and oxygen atoms in total. The topological polar surface area (TPSA) is 58.2 Å². The van der Waals surface area contributed by atoms with E-state index in [1.807, 2.05) is 42.7 Å². The van der Waals surface area contributed by atoms with Crippen molar-refractivity contribution >= 4 is 12.1 Å². The highest BCUT2D eigenvalue weighted by Gasteiger charge is 2.06.